The van der Waals surface area contributed by atoms with Crippen molar-refractivity contribution in [2.45, 2.75) is 0 Å². The minimum atomic E-state index is -0.231. The van der Waals surface area contributed by atoms with E-state index in [0.29, 0.717) is 13.2 Å². The van der Waals surface area contributed by atoms with E-state index in [0.717, 1.165) is 5.69 Å². The third kappa shape index (κ3) is 8.34. The zero-order valence-electron chi connectivity index (χ0n) is 11.3. The van der Waals surface area contributed by atoms with Crippen molar-refractivity contribution < 1.29 is 14.3 Å². The summed E-state index contributed by atoms with van der Waals surface area (Å²) in [6, 6.07) is 9.39. The predicted octanol–water partition coefficient (Wildman–Crippen LogP) is 0.399. The normalized spacial score (nSPS) is 9.25. The summed E-state index contributed by atoms with van der Waals surface area (Å²) in [6.07, 6.45) is 0. The fraction of sp³-hybridized carbons (Fsp3) is 0.385. The Balaban J connectivity index is 0.00000361. The van der Waals surface area contributed by atoms with Crippen LogP contribution in [0.5, 0.6) is 0 Å². The molecule has 20 heavy (non-hydrogen) atoms. The van der Waals surface area contributed by atoms with Crippen LogP contribution in [0, 0.1) is 0 Å². The van der Waals surface area contributed by atoms with Gasteiger partial charge in [0.05, 0.1) is 19.7 Å². The standard InChI is InChI=1S/C13H19N3O3.ClH/c1-19-8-7-14-12(17)10-16-13(18)9-15-11-5-3-2-4-6-11;/h2-6,15H,7-10H2,1H3,(H,14,17)(H,16,18);1H. The van der Waals surface area contributed by atoms with Crippen molar-refractivity contribution in [1.82, 2.24) is 10.6 Å². The fourth-order valence-corrected chi connectivity index (χ4v) is 1.33. The lowest BCUT2D eigenvalue weighted by Crippen LogP contribution is -2.40. The highest BCUT2D eigenvalue weighted by atomic mass is 35.5. The Morgan fingerprint density at radius 2 is 1.70 bits per heavy atom. The Labute approximate surface area is 124 Å². The van der Waals surface area contributed by atoms with E-state index in [1.807, 2.05) is 30.3 Å². The van der Waals surface area contributed by atoms with Crippen LogP contribution < -0.4 is 16.0 Å². The molecule has 0 saturated heterocycles. The summed E-state index contributed by atoms with van der Waals surface area (Å²) in [5.74, 6) is -0.462. The maximum Gasteiger partial charge on any atom is 0.239 e. The first-order valence-electron chi connectivity index (χ1n) is 6.03. The number of para-hydroxylation sites is 1. The maximum absolute atomic E-state index is 11.5. The molecule has 0 aliphatic carbocycles. The second-order valence-corrected chi connectivity index (χ2v) is 3.84. The van der Waals surface area contributed by atoms with Crippen LogP contribution >= 0.6 is 12.4 Å². The van der Waals surface area contributed by atoms with E-state index in [4.69, 9.17) is 4.74 Å². The maximum atomic E-state index is 11.5. The molecular weight excluding hydrogens is 282 g/mol. The highest BCUT2D eigenvalue weighted by Crippen LogP contribution is 2.03. The van der Waals surface area contributed by atoms with Gasteiger partial charge in [-0.15, -0.1) is 12.4 Å². The van der Waals surface area contributed by atoms with E-state index in [2.05, 4.69) is 16.0 Å². The summed E-state index contributed by atoms with van der Waals surface area (Å²) in [5.41, 5.74) is 0.863. The van der Waals surface area contributed by atoms with Gasteiger partial charge in [0.25, 0.3) is 0 Å². The van der Waals surface area contributed by atoms with Gasteiger partial charge in [-0.25, -0.2) is 0 Å². The lowest BCUT2D eigenvalue weighted by Gasteiger charge is -2.08. The second kappa shape index (κ2) is 11.1. The number of carbonyl (C=O) groups excluding carboxylic acids is 2. The number of benzene rings is 1. The summed E-state index contributed by atoms with van der Waals surface area (Å²) >= 11 is 0. The molecular formula is C13H20ClN3O3. The van der Waals surface area contributed by atoms with Gasteiger partial charge in [0.1, 0.15) is 0 Å². The first-order valence-corrected chi connectivity index (χ1v) is 6.03. The van der Waals surface area contributed by atoms with E-state index in [1.165, 1.54) is 0 Å². The number of nitrogens with one attached hydrogen (secondary N) is 3. The monoisotopic (exact) mass is 301 g/mol. The molecule has 0 atom stereocenters. The molecule has 0 aliphatic heterocycles. The second-order valence-electron chi connectivity index (χ2n) is 3.84. The minimum absolute atomic E-state index is 0. The number of rotatable bonds is 8. The summed E-state index contributed by atoms with van der Waals surface area (Å²) < 4.78 is 4.79. The molecule has 0 aliphatic rings. The molecule has 0 bridgehead atoms. The molecule has 1 rings (SSSR count). The SMILES string of the molecule is COCCNC(=O)CNC(=O)CNc1ccccc1.Cl. The molecule has 0 spiro atoms. The Morgan fingerprint density at radius 1 is 1.05 bits per heavy atom. The Bertz CT molecular complexity index is 401. The predicted molar refractivity (Wildman–Crippen MR) is 80.1 cm³/mol. The highest BCUT2D eigenvalue weighted by Gasteiger charge is 2.04. The number of carbonyl (C=O) groups is 2. The van der Waals surface area contributed by atoms with Gasteiger partial charge in [-0.3, -0.25) is 9.59 Å². The van der Waals surface area contributed by atoms with Crippen LogP contribution in [-0.2, 0) is 14.3 Å². The molecule has 0 heterocycles. The van der Waals surface area contributed by atoms with Crippen molar-refractivity contribution >= 4 is 29.9 Å². The lowest BCUT2D eigenvalue weighted by atomic mass is 10.3. The van der Waals surface area contributed by atoms with Crippen LogP contribution in [0.3, 0.4) is 0 Å². The van der Waals surface area contributed by atoms with Gasteiger partial charge in [-0.05, 0) is 12.1 Å². The number of halogens is 1. The number of methoxy groups -OCH3 is 1. The lowest BCUT2D eigenvalue weighted by molar-refractivity contribution is -0.125. The van der Waals surface area contributed by atoms with Gasteiger partial charge < -0.3 is 20.7 Å². The molecule has 2 amide bonds. The fourth-order valence-electron chi connectivity index (χ4n) is 1.33. The third-order valence-electron chi connectivity index (χ3n) is 2.30. The van der Waals surface area contributed by atoms with Gasteiger partial charge in [0.2, 0.25) is 11.8 Å². The number of amides is 2. The summed E-state index contributed by atoms with van der Waals surface area (Å²) in [6.45, 7) is 0.997. The van der Waals surface area contributed by atoms with Crippen molar-refractivity contribution in [3.63, 3.8) is 0 Å². The zero-order valence-corrected chi connectivity index (χ0v) is 12.2. The van der Waals surface area contributed by atoms with Crippen LogP contribution in [-0.4, -0.2) is 45.2 Å². The summed E-state index contributed by atoms with van der Waals surface area (Å²) in [7, 11) is 1.56. The van der Waals surface area contributed by atoms with Gasteiger partial charge >= 0.3 is 0 Å². The average molecular weight is 302 g/mol. The largest absolute Gasteiger partial charge is 0.383 e. The molecule has 7 heteroatoms. The van der Waals surface area contributed by atoms with Crippen LogP contribution in [0.1, 0.15) is 0 Å². The molecule has 0 fully saturated rings. The smallest absolute Gasteiger partial charge is 0.239 e. The number of anilines is 1. The topological polar surface area (TPSA) is 79.5 Å². The quantitative estimate of drug-likeness (QED) is 0.607. The Hall–Kier alpha value is -1.79. The van der Waals surface area contributed by atoms with Crippen LogP contribution in [0.15, 0.2) is 30.3 Å². The van der Waals surface area contributed by atoms with Gasteiger partial charge in [0.15, 0.2) is 0 Å². The summed E-state index contributed by atoms with van der Waals surface area (Å²) in [4.78, 5) is 22.8. The molecule has 1 aromatic carbocycles. The van der Waals surface area contributed by atoms with Gasteiger partial charge in [-0.1, -0.05) is 18.2 Å². The summed E-state index contributed by atoms with van der Waals surface area (Å²) in [5, 5.41) is 8.10. The zero-order chi connectivity index (χ0) is 13.9. The van der Waals surface area contributed by atoms with Crippen molar-refractivity contribution in [1.29, 1.82) is 0 Å². The first-order chi connectivity index (χ1) is 9.22. The van der Waals surface area contributed by atoms with E-state index >= 15 is 0 Å². The Kier molecular flexibility index (Phi) is 10.1. The van der Waals surface area contributed by atoms with Crippen LogP contribution in [0.4, 0.5) is 5.69 Å². The molecule has 6 nitrogen and oxygen atoms in total. The molecule has 0 saturated carbocycles. The molecule has 112 valence electrons. The number of hydrogen-bond donors (Lipinski definition) is 3. The Morgan fingerprint density at radius 3 is 2.35 bits per heavy atom. The molecule has 3 N–H and O–H groups in total. The van der Waals surface area contributed by atoms with E-state index in [-0.39, 0.29) is 37.3 Å². The van der Waals surface area contributed by atoms with Crippen LogP contribution in [0.2, 0.25) is 0 Å². The molecule has 0 aromatic heterocycles. The van der Waals surface area contributed by atoms with Gasteiger partial charge in [0, 0.05) is 19.3 Å². The van der Waals surface area contributed by atoms with E-state index in [9.17, 15) is 9.59 Å². The van der Waals surface area contributed by atoms with Crippen LogP contribution in [0.25, 0.3) is 0 Å². The van der Waals surface area contributed by atoms with E-state index in [1.54, 1.807) is 7.11 Å². The van der Waals surface area contributed by atoms with Crippen molar-refractivity contribution in [2.75, 3.05) is 38.7 Å². The van der Waals surface area contributed by atoms with Crippen molar-refractivity contribution in [2.24, 2.45) is 0 Å². The van der Waals surface area contributed by atoms with E-state index < -0.39 is 0 Å². The van der Waals surface area contributed by atoms with Crippen molar-refractivity contribution in [3.8, 4) is 0 Å². The molecule has 0 radical (unpaired) electrons. The number of hydrogen-bond acceptors (Lipinski definition) is 4. The minimum Gasteiger partial charge on any atom is -0.383 e. The highest BCUT2D eigenvalue weighted by molar-refractivity contribution is 5.86. The molecule has 1 aromatic rings. The average Bonchev–Trinajstić information content (AvgIpc) is 2.44. The van der Waals surface area contributed by atoms with Gasteiger partial charge in [-0.2, -0.15) is 0 Å². The first kappa shape index (κ1) is 18.2. The molecule has 0 unspecified atom stereocenters. The third-order valence-corrected chi connectivity index (χ3v) is 2.30. The number of ether oxygens (including phenoxy) is 1. The van der Waals surface area contributed by atoms with Crippen molar-refractivity contribution in [3.05, 3.63) is 30.3 Å².